The van der Waals surface area contributed by atoms with Gasteiger partial charge in [0.2, 0.25) is 0 Å². The van der Waals surface area contributed by atoms with Gasteiger partial charge in [-0.05, 0) is 99.4 Å². The third-order valence-corrected chi connectivity index (χ3v) is 15.8. The number of hydrogen-bond donors (Lipinski definition) is 1. The summed E-state index contributed by atoms with van der Waals surface area (Å²) in [6, 6.07) is 3.60. The predicted molar refractivity (Wildman–Crippen MR) is 158 cm³/mol. The molecule has 2 aliphatic rings. The van der Waals surface area contributed by atoms with Crippen LogP contribution in [0.2, 0.25) is 18.1 Å². The lowest BCUT2D eigenvalue weighted by Gasteiger charge is -2.51. The van der Waals surface area contributed by atoms with Crippen LogP contribution in [-0.2, 0) is 15.6 Å². The number of aliphatic hydroxyl groups is 1. The second-order valence-corrected chi connectivity index (χ2v) is 19.4. The van der Waals surface area contributed by atoms with Crippen molar-refractivity contribution in [2.24, 2.45) is 17.3 Å². The minimum atomic E-state index is -4.68. The van der Waals surface area contributed by atoms with Crippen molar-refractivity contribution in [1.29, 1.82) is 0 Å². The average Bonchev–Trinajstić information content (AvgIpc) is 3.43. The third kappa shape index (κ3) is 7.06. The van der Waals surface area contributed by atoms with E-state index in [0.717, 1.165) is 24.1 Å². The molecule has 0 aromatic carbocycles. The Bertz CT molecular complexity index is 1020. The molecule has 1 aromatic heterocycles. The molecule has 1 heterocycles. The van der Waals surface area contributed by atoms with Gasteiger partial charge in [-0.2, -0.15) is 13.2 Å². The molecular formula is C31H49F3O4SSi. The molecule has 2 saturated carbocycles. The summed E-state index contributed by atoms with van der Waals surface area (Å²) in [6.45, 7) is 13.3. The Labute approximate surface area is 243 Å². The van der Waals surface area contributed by atoms with E-state index in [9.17, 15) is 23.1 Å². The number of thiophene rings is 1. The second-order valence-electron chi connectivity index (χ2n) is 13.5. The summed E-state index contributed by atoms with van der Waals surface area (Å²) in [5, 5.41) is 11.0. The normalized spacial score (nSPS) is 26.2. The van der Waals surface area contributed by atoms with E-state index in [1.165, 1.54) is 24.9 Å². The van der Waals surface area contributed by atoms with Crippen LogP contribution in [0.25, 0.3) is 0 Å². The SMILES string of the molecule is CCC1(C(C/C=C/[C@@H]2[C@@H](CCCc3ccc(C(=O)OC)s3)CC[C@@]2(O)C(F)(F)F)O[Si](C)(C)C(C)(C)C)CCC1. The molecule has 0 aliphatic heterocycles. The lowest BCUT2D eigenvalue weighted by molar-refractivity contribution is -0.269. The fourth-order valence-electron chi connectivity index (χ4n) is 6.21. The van der Waals surface area contributed by atoms with Crippen molar-refractivity contribution in [2.75, 3.05) is 7.11 Å². The van der Waals surface area contributed by atoms with Gasteiger partial charge in [0.1, 0.15) is 4.88 Å². The summed E-state index contributed by atoms with van der Waals surface area (Å²) >= 11 is 1.36. The monoisotopic (exact) mass is 602 g/mol. The van der Waals surface area contributed by atoms with E-state index in [4.69, 9.17) is 9.16 Å². The quantitative estimate of drug-likeness (QED) is 0.147. The zero-order valence-corrected chi connectivity index (χ0v) is 27.1. The fraction of sp³-hybridized carbons (Fsp3) is 0.774. The minimum Gasteiger partial charge on any atom is -0.465 e. The summed E-state index contributed by atoms with van der Waals surface area (Å²) in [7, 11) is -0.738. The highest BCUT2D eigenvalue weighted by Gasteiger charge is 2.62. The molecule has 0 spiro atoms. The number of carbonyl (C=O) groups is 1. The standard InChI is InChI=1S/C31H49F3O4SSi/c1-8-29(19-11-20-29)26(38-40(6,7)28(2,3)4)15-10-14-24-22(18-21-30(24,36)31(32,33)34)12-9-13-23-16-17-25(39-23)27(35)37-5/h10,14,16-17,22,24,26,36H,8-9,11-13,15,18-21H2,1-7H3/b14-10+/t22-,24+,26?,30-/m0/s1. The zero-order valence-electron chi connectivity index (χ0n) is 25.3. The number of rotatable bonds is 12. The van der Waals surface area contributed by atoms with Crippen LogP contribution in [0.5, 0.6) is 0 Å². The van der Waals surface area contributed by atoms with Gasteiger partial charge in [-0.15, -0.1) is 11.3 Å². The van der Waals surface area contributed by atoms with Crippen LogP contribution >= 0.6 is 11.3 Å². The summed E-state index contributed by atoms with van der Waals surface area (Å²) in [6.07, 6.45) is 5.79. The van der Waals surface area contributed by atoms with E-state index >= 15 is 0 Å². The molecule has 9 heteroatoms. The maximum Gasteiger partial charge on any atom is 0.417 e. The van der Waals surface area contributed by atoms with Crippen LogP contribution in [0.3, 0.4) is 0 Å². The Kier molecular flexibility index (Phi) is 10.5. The zero-order chi connectivity index (χ0) is 30.0. The van der Waals surface area contributed by atoms with Crippen LogP contribution in [0.15, 0.2) is 24.3 Å². The Morgan fingerprint density at radius 1 is 1.23 bits per heavy atom. The van der Waals surface area contributed by atoms with Gasteiger partial charge < -0.3 is 14.3 Å². The van der Waals surface area contributed by atoms with Crippen LogP contribution in [0.4, 0.5) is 13.2 Å². The second kappa shape index (κ2) is 12.6. The van der Waals surface area contributed by atoms with Gasteiger partial charge >= 0.3 is 12.1 Å². The fourth-order valence-corrected chi connectivity index (χ4v) is 8.59. The molecule has 3 rings (SSSR count). The number of ether oxygens (including phenoxy) is 1. The number of hydrogen-bond acceptors (Lipinski definition) is 5. The van der Waals surface area contributed by atoms with Gasteiger partial charge in [0.05, 0.1) is 13.2 Å². The molecule has 2 aliphatic carbocycles. The highest BCUT2D eigenvalue weighted by molar-refractivity contribution is 7.13. The summed E-state index contributed by atoms with van der Waals surface area (Å²) in [4.78, 5) is 13.3. The van der Waals surface area contributed by atoms with Crippen molar-refractivity contribution in [3.8, 4) is 0 Å². The van der Waals surface area contributed by atoms with Gasteiger partial charge in [0.25, 0.3) is 0 Å². The molecule has 0 radical (unpaired) electrons. The molecule has 0 amide bonds. The van der Waals surface area contributed by atoms with E-state index in [1.807, 2.05) is 12.1 Å². The highest BCUT2D eigenvalue weighted by atomic mass is 32.1. The van der Waals surface area contributed by atoms with Crippen molar-refractivity contribution in [3.05, 3.63) is 34.0 Å². The summed E-state index contributed by atoms with van der Waals surface area (Å²) < 4.78 is 54.2. The van der Waals surface area contributed by atoms with E-state index in [0.29, 0.717) is 37.0 Å². The van der Waals surface area contributed by atoms with Crippen LogP contribution in [-0.4, -0.2) is 44.4 Å². The topological polar surface area (TPSA) is 55.8 Å². The lowest BCUT2D eigenvalue weighted by Crippen LogP contribution is -2.51. The molecule has 0 saturated heterocycles. The number of carbonyl (C=O) groups excluding carboxylic acids is 1. The minimum absolute atomic E-state index is 0.0231. The molecule has 228 valence electrons. The van der Waals surface area contributed by atoms with Crippen molar-refractivity contribution < 1.29 is 32.2 Å². The maximum absolute atomic E-state index is 14.2. The van der Waals surface area contributed by atoms with E-state index in [2.05, 4.69) is 40.8 Å². The largest absolute Gasteiger partial charge is 0.465 e. The van der Waals surface area contributed by atoms with Crippen molar-refractivity contribution in [3.63, 3.8) is 0 Å². The van der Waals surface area contributed by atoms with Gasteiger partial charge in [-0.1, -0.05) is 46.3 Å². The predicted octanol–water partition coefficient (Wildman–Crippen LogP) is 9.09. The van der Waals surface area contributed by atoms with Crippen molar-refractivity contribution in [2.45, 2.75) is 128 Å². The summed E-state index contributed by atoms with van der Waals surface area (Å²) in [5.74, 6) is -1.62. The first-order valence-electron chi connectivity index (χ1n) is 14.8. The van der Waals surface area contributed by atoms with E-state index < -0.39 is 26.0 Å². The van der Waals surface area contributed by atoms with Gasteiger partial charge in [-0.3, -0.25) is 0 Å². The van der Waals surface area contributed by atoms with E-state index in [-0.39, 0.29) is 34.9 Å². The number of aryl methyl sites for hydroxylation is 1. The molecule has 1 aromatic rings. The lowest BCUT2D eigenvalue weighted by atomic mass is 9.63. The number of esters is 1. The van der Waals surface area contributed by atoms with Gasteiger partial charge in [0, 0.05) is 10.8 Å². The van der Waals surface area contributed by atoms with E-state index in [1.54, 1.807) is 12.1 Å². The first kappa shape index (κ1) is 33.3. The third-order valence-electron chi connectivity index (χ3n) is 10.2. The maximum atomic E-state index is 14.2. The van der Waals surface area contributed by atoms with Crippen molar-refractivity contribution >= 4 is 25.6 Å². The van der Waals surface area contributed by atoms with Crippen LogP contribution < -0.4 is 0 Å². The highest BCUT2D eigenvalue weighted by Crippen LogP contribution is 2.53. The summed E-state index contributed by atoms with van der Waals surface area (Å²) in [5.41, 5.74) is -2.62. The van der Waals surface area contributed by atoms with Crippen molar-refractivity contribution in [1.82, 2.24) is 0 Å². The van der Waals surface area contributed by atoms with Gasteiger partial charge in [0.15, 0.2) is 13.9 Å². The molecular weight excluding hydrogens is 553 g/mol. The van der Waals surface area contributed by atoms with Crippen LogP contribution in [0.1, 0.15) is 100 Å². The smallest absolute Gasteiger partial charge is 0.417 e. The Balaban J connectivity index is 1.75. The average molecular weight is 603 g/mol. The first-order valence-corrected chi connectivity index (χ1v) is 18.5. The first-order chi connectivity index (χ1) is 18.5. The Morgan fingerprint density at radius 3 is 2.42 bits per heavy atom. The molecule has 40 heavy (non-hydrogen) atoms. The van der Waals surface area contributed by atoms with Crippen LogP contribution in [0, 0.1) is 17.3 Å². The Morgan fingerprint density at radius 2 is 1.90 bits per heavy atom. The van der Waals surface area contributed by atoms with Gasteiger partial charge in [-0.25, -0.2) is 4.79 Å². The molecule has 0 bridgehead atoms. The molecule has 4 nitrogen and oxygen atoms in total. The molecule has 2 fully saturated rings. The number of halogens is 3. The molecule has 1 N–H and O–H groups in total. The Hall–Kier alpha value is -1.16. The molecule has 1 unspecified atom stereocenters. The molecule has 4 atom stereocenters. The number of alkyl halides is 3. The number of methoxy groups -OCH3 is 1.